The Morgan fingerprint density at radius 3 is 2.63 bits per heavy atom. The summed E-state index contributed by atoms with van der Waals surface area (Å²) in [7, 11) is 0. The number of amides is 3. The first-order valence-corrected chi connectivity index (χ1v) is 13.3. The van der Waals surface area contributed by atoms with Crippen molar-refractivity contribution in [1.29, 1.82) is 10.5 Å². The predicted octanol–water partition coefficient (Wildman–Crippen LogP) is 2.31. The van der Waals surface area contributed by atoms with Crippen molar-refractivity contribution in [2.24, 2.45) is 5.92 Å². The molecule has 4 fully saturated rings. The van der Waals surface area contributed by atoms with Crippen LogP contribution in [0.15, 0.2) is 24.3 Å². The zero-order chi connectivity index (χ0) is 27.4. The summed E-state index contributed by atoms with van der Waals surface area (Å²) in [5.74, 6) is 0.0452. The summed E-state index contributed by atoms with van der Waals surface area (Å²) < 4.78 is 5.43. The fraction of sp³-hybridized carbons (Fsp3) is 0.607. The molecule has 5 rings (SSSR count). The Hall–Kier alpha value is -3.63. The second kappa shape index (κ2) is 9.59. The van der Waals surface area contributed by atoms with Gasteiger partial charge in [-0.15, -0.1) is 0 Å². The molecule has 38 heavy (non-hydrogen) atoms. The van der Waals surface area contributed by atoms with Crippen molar-refractivity contribution in [3.63, 3.8) is 0 Å². The van der Waals surface area contributed by atoms with E-state index < -0.39 is 29.8 Å². The van der Waals surface area contributed by atoms with Gasteiger partial charge in [-0.2, -0.15) is 10.5 Å². The molecule has 2 bridgehead atoms. The highest BCUT2D eigenvalue weighted by Gasteiger charge is 2.56. The van der Waals surface area contributed by atoms with E-state index >= 15 is 0 Å². The van der Waals surface area contributed by atoms with Crippen LogP contribution in [0.5, 0.6) is 0 Å². The van der Waals surface area contributed by atoms with Gasteiger partial charge < -0.3 is 19.9 Å². The monoisotopic (exact) mass is 518 g/mol. The molecular weight excluding hydrogens is 484 g/mol. The molecular formula is C28H34N6O4. The number of alkyl carbamates (subject to hydrolysis) is 1. The van der Waals surface area contributed by atoms with Crippen molar-refractivity contribution in [3.05, 3.63) is 35.4 Å². The molecule has 0 spiro atoms. The molecule has 1 saturated carbocycles. The van der Waals surface area contributed by atoms with Crippen LogP contribution in [-0.2, 0) is 14.3 Å². The molecule has 200 valence electrons. The maximum Gasteiger partial charge on any atom is 0.408 e. The van der Waals surface area contributed by atoms with Crippen molar-refractivity contribution in [2.45, 2.75) is 88.8 Å². The quantitative estimate of drug-likeness (QED) is 0.612. The number of nitrogens with zero attached hydrogens (tertiary/aromatic N) is 5. The lowest BCUT2D eigenvalue weighted by Gasteiger charge is -2.39. The van der Waals surface area contributed by atoms with Crippen LogP contribution >= 0.6 is 0 Å². The topological polar surface area (TPSA) is 130 Å². The van der Waals surface area contributed by atoms with E-state index in [0.717, 1.165) is 12.0 Å². The van der Waals surface area contributed by atoms with E-state index in [4.69, 9.17) is 4.74 Å². The Labute approximate surface area is 223 Å². The number of benzene rings is 1. The van der Waals surface area contributed by atoms with Gasteiger partial charge in [-0.05, 0) is 70.6 Å². The molecule has 1 aromatic rings. The first-order valence-electron chi connectivity index (χ1n) is 13.3. The van der Waals surface area contributed by atoms with E-state index in [2.05, 4.69) is 17.5 Å². The van der Waals surface area contributed by atoms with Crippen LogP contribution in [0, 0.1) is 28.6 Å². The van der Waals surface area contributed by atoms with Gasteiger partial charge in [-0.3, -0.25) is 14.5 Å². The summed E-state index contributed by atoms with van der Waals surface area (Å²) in [6.07, 6.45) is 1.50. The van der Waals surface area contributed by atoms with E-state index in [1.807, 2.05) is 34.9 Å². The lowest BCUT2D eigenvalue weighted by molar-refractivity contribution is -0.141. The van der Waals surface area contributed by atoms with Gasteiger partial charge in [0.2, 0.25) is 11.8 Å². The Morgan fingerprint density at radius 2 is 1.97 bits per heavy atom. The zero-order valence-corrected chi connectivity index (χ0v) is 22.3. The molecule has 3 amide bonds. The molecule has 4 aliphatic rings. The molecule has 4 unspecified atom stereocenters. The van der Waals surface area contributed by atoms with Gasteiger partial charge in [0.15, 0.2) is 0 Å². The van der Waals surface area contributed by atoms with Gasteiger partial charge in [-0.25, -0.2) is 4.79 Å². The first-order chi connectivity index (χ1) is 18.0. The average molecular weight is 519 g/mol. The van der Waals surface area contributed by atoms with Crippen molar-refractivity contribution < 1.29 is 19.1 Å². The number of rotatable bonds is 6. The minimum Gasteiger partial charge on any atom is -0.444 e. The molecule has 3 saturated heterocycles. The molecule has 0 aromatic heterocycles. The van der Waals surface area contributed by atoms with Gasteiger partial charge in [0.05, 0.1) is 29.8 Å². The highest BCUT2D eigenvalue weighted by atomic mass is 16.6. The fourth-order valence-electron chi connectivity index (χ4n) is 6.37. The molecule has 1 N–H and O–H groups in total. The number of ether oxygens (including phenoxy) is 1. The number of hydrogen-bond donors (Lipinski definition) is 1. The molecule has 3 heterocycles. The van der Waals surface area contributed by atoms with Crippen LogP contribution in [0.2, 0.25) is 0 Å². The Balaban J connectivity index is 1.31. The van der Waals surface area contributed by atoms with Crippen molar-refractivity contribution in [2.75, 3.05) is 13.1 Å². The molecule has 0 radical (unpaired) electrons. The molecule has 10 nitrogen and oxygen atoms in total. The zero-order valence-electron chi connectivity index (χ0n) is 22.3. The summed E-state index contributed by atoms with van der Waals surface area (Å²) in [5, 5.41) is 21.6. The first kappa shape index (κ1) is 26.0. The molecule has 7 atom stereocenters. The summed E-state index contributed by atoms with van der Waals surface area (Å²) in [6.45, 7) is 7.98. The van der Waals surface area contributed by atoms with Crippen LogP contribution in [0.3, 0.4) is 0 Å². The maximum absolute atomic E-state index is 13.7. The van der Waals surface area contributed by atoms with Crippen LogP contribution in [0.4, 0.5) is 4.79 Å². The van der Waals surface area contributed by atoms with Crippen LogP contribution in [0.25, 0.3) is 0 Å². The summed E-state index contributed by atoms with van der Waals surface area (Å²) >= 11 is 0. The average Bonchev–Trinajstić information content (AvgIpc) is 3.19. The molecule has 3 aliphatic heterocycles. The Morgan fingerprint density at radius 1 is 1.21 bits per heavy atom. The second-order valence-electron chi connectivity index (χ2n) is 11.9. The molecule has 10 heteroatoms. The highest BCUT2D eigenvalue weighted by molar-refractivity contribution is 5.89. The largest absolute Gasteiger partial charge is 0.444 e. The number of nitriles is 2. The number of nitrogens with one attached hydrogen (secondary N) is 1. The second-order valence-corrected chi connectivity index (χ2v) is 11.9. The highest BCUT2D eigenvalue weighted by Crippen LogP contribution is 2.48. The number of carbonyl (C=O) groups is 3. The number of piperidine rings is 1. The van der Waals surface area contributed by atoms with Crippen LogP contribution < -0.4 is 5.32 Å². The van der Waals surface area contributed by atoms with Crippen LogP contribution in [-0.4, -0.2) is 81.5 Å². The van der Waals surface area contributed by atoms with E-state index in [-0.39, 0.29) is 36.5 Å². The van der Waals surface area contributed by atoms with E-state index in [1.54, 1.807) is 31.7 Å². The van der Waals surface area contributed by atoms with Gasteiger partial charge in [0, 0.05) is 25.2 Å². The third-order valence-corrected chi connectivity index (χ3v) is 8.14. The van der Waals surface area contributed by atoms with Crippen LogP contribution in [0.1, 0.15) is 64.1 Å². The molecule has 1 aliphatic carbocycles. The lowest BCUT2D eigenvalue weighted by atomic mass is 10.0. The normalized spacial score (nSPS) is 29.3. The fourth-order valence-corrected chi connectivity index (χ4v) is 6.37. The summed E-state index contributed by atoms with van der Waals surface area (Å²) in [5.41, 5.74) is 0.731. The van der Waals surface area contributed by atoms with Gasteiger partial charge in [0.25, 0.3) is 0 Å². The summed E-state index contributed by atoms with van der Waals surface area (Å²) in [4.78, 5) is 45.4. The predicted molar refractivity (Wildman–Crippen MR) is 136 cm³/mol. The van der Waals surface area contributed by atoms with E-state index in [9.17, 15) is 24.9 Å². The minimum absolute atomic E-state index is 0.0158. The minimum atomic E-state index is -0.926. The van der Waals surface area contributed by atoms with Crippen molar-refractivity contribution in [1.82, 2.24) is 20.0 Å². The Kier molecular flexibility index (Phi) is 6.56. The maximum atomic E-state index is 13.7. The number of hydrogen-bond acceptors (Lipinski definition) is 7. The number of piperazine rings is 1. The molecule has 1 aromatic carbocycles. The van der Waals surface area contributed by atoms with E-state index in [1.165, 1.54) is 0 Å². The Bertz CT molecular complexity index is 1230. The third-order valence-electron chi connectivity index (χ3n) is 8.14. The SMILES string of the molecule is C[C@@H](c1cccc(C#N)c1)N1C(=O)C2C[C@H]1CN2CC(NC(=O)OC(C)(C)C)C(=O)N1C(C#N)C[C@@H]2CC21. The van der Waals surface area contributed by atoms with Gasteiger partial charge in [-0.1, -0.05) is 12.1 Å². The number of fused-ring (bicyclic) bond motifs is 3. The van der Waals surface area contributed by atoms with Crippen molar-refractivity contribution >= 4 is 17.9 Å². The number of likely N-dealkylation sites (tertiary alicyclic amines) is 3. The lowest BCUT2D eigenvalue weighted by Crippen LogP contribution is -2.59. The van der Waals surface area contributed by atoms with Gasteiger partial charge in [0.1, 0.15) is 17.7 Å². The van der Waals surface area contributed by atoms with Gasteiger partial charge >= 0.3 is 6.09 Å². The number of carbonyl (C=O) groups excluding carboxylic acids is 3. The smallest absolute Gasteiger partial charge is 0.408 e. The standard InChI is InChI=1S/C28H34N6O4/c1-16(18-7-5-6-17(8-18)12-29)33-21-11-24(26(33)36)32(14-21)15-22(31-27(37)38-28(2,3)4)25(35)34-20(13-30)9-19-10-23(19)34/h5-8,16,19-24H,9-11,14-15H2,1-4H3,(H,31,37)/t16-,19+,20?,21-,22?,23?,24?/m0/s1. The van der Waals surface area contributed by atoms with E-state index in [0.29, 0.717) is 30.9 Å². The summed E-state index contributed by atoms with van der Waals surface area (Å²) in [6, 6.07) is 9.72. The third kappa shape index (κ3) is 4.81. The van der Waals surface area contributed by atoms with Crippen molar-refractivity contribution in [3.8, 4) is 12.1 Å².